The first-order chi connectivity index (χ1) is 9.95. The van der Waals surface area contributed by atoms with Crippen molar-refractivity contribution in [1.29, 1.82) is 0 Å². The van der Waals surface area contributed by atoms with Gasteiger partial charge in [0.25, 0.3) is 11.8 Å². The number of rotatable bonds is 5. The van der Waals surface area contributed by atoms with E-state index in [-0.39, 0.29) is 35.2 Å². The van der Waals surface area contributed by atoms with Crippen LogP contribution in [0.5, 0.6) is 0 Å². The Balaban J connectivity index is 2.22. The zero-order valence-corrected chi connectivity index (χ0v) is 12.8. The molecule has 1 aliphatic heterocycles. The summed E-state index contributed by atoms with van der Waals surface area (Å²) >= 11 is 0. The molecular weight excluding hydrogens is 274 g/mol. The fourth-order valence-corrected chi connectivity index (χ4v) is 2.17. The lowest BCUT2D eigenvalue weighted by molar-refractivity contribution is 0.0728. The second-order valence-electron chi connectivity index (χ2n) is 5.51. The van der Waals surface area contributed by atoms with Gasteiger partial charge in [0.05, 0.1) is 19.2 Å². The van der Waals surface area contributed by atoms with E-state index < -0.39 is 0 Å². The average molecular weight is 295 g/mol. The quantitative estimate of drug-likeness (QED) is 0.810. The Morgan fingerprint density at radius 2 is 2.29 bits per heavy atom. The number of methoxy groups -OCH3 is 1. The number of carbonyl (C=O) groups is 2. The number of likely N-dealkylation sites (N-methyl/N-ethyl adjacent to an activating group) is 1. The largest absolute Gasteiger partial charge is 0.383 e. The monoisotopic (exact) mass is 295 g/mol. The van der Waals surface area contributed by atoms with Gasteiger partial charge in [-0.3, -0.25) is 9.59 Å². The fraction of sp³-hybridized carbons (Fsp3) is 0.692. The van der Waals surface area contributed by atoms with E-state index in [0.717, 1.165) is 0 Å². The first kappa shape index (κ1) is 15.4. The highest BCUT2D eigenvalue weighted by molar-refractivity contribution is 6.05. The number of ether oxygens (including phenoxy) is 1. The Morgan fingerprint density at radius 3 is 2.90 bits per heavy atom. The van der Waals surface area contributed by atoms with Crippen molar-refractivity contribution < 1.29 is 14.3 Å². The van der Waals surface area contributed by atoms with E-state index in [2.05, 4.69) is 15.6 Å². The third-order valence-corrected chi connectivity index (χ3v) is 3.62. The summed E-state index contributed by atoms with van der Waals surface area (Å²) in [6.07, 6.45) is 0. The molecule has 1 N–H and O–H groups in total. The van der Waals surface area contributed by atoms with Gasteiger partial charge < -0.3 is 15.0 Å². The number of hydrogen-bond donors (Lipinski definition) is 1. The van der Waals surface area contributed by atoms with E-state index in [1.54, 1.807) is 14.2 Å². The van der Waals surface area contributed by atoms with Gasteiger partial charge in [0.1, 0.15) is 0 Å². The number of aromatic nitrogens is 3. The molecule has 0 radical (unpaired) electrons. The molecule has 0 aliphatic carbocycles. The lowest BCUT2D eigenvalue weighted by Gasteiger charge is -2.27. The Bertz CT molecular complexity index is 540. The van der Waals surface area contributed by atoms with Crippen molar-refractivity contribution in [2.45, 2.75) is 26.4 Å². The summed E-state index contributed by atoms with van der Waals surface area (Å²) in [7, 11) is 3.21. The van der Waals surface area contributed by atoms with Gasteiger partial charge in [-0.05, 0) is 5.92 Å². The third kappa shape index (κ3) is 3.05. The fourth-order valence-electron chi connectivity index (χ4n) is 2.17. The molecule has 0 spiro atoms. The van der Waals surface area contributed by atoms with Crippen LogP contribution in [0.2, 0.25) is 0 Å². The highest BCUT2D eigenvalue weighted by atomic mass is 16.5. The summed E-state index contributed by atoms with van der Waals surface area (Å²) in [5.41, 5.74) is 0.328. The molecule has 1 atom stereocenters. The average Bonchev–Trinajstić information content (AvgIpc) is 2.88. The minimum absolute atomic E-state index is 0.000808. The summed E-state index contributed by atoms with van der Waals surface area (Å²) in [5, 5.41) is 10.7. The maximum Gasteiger partial charge on any atom is 0.276 e. The number of nitrogens with one attached hydrogen (secondary N) is 1. The van der Waals surface area contributed by atoms with Gasteiger partial charge in [-0.15, -0.1) is 5.10 Å². The molecule has 8 heteroatoms. The van der Waals surface area contributed by atoms with E-state index in [9.17, 15) is 9.59 Å². The first-order valence-electron chi connectivity index (χ1n) is 6.94. The second kappa shape index (κ2) is 6.21. The zero-order chi connectivity index (χ0) is 15.6. The topological polar surface area (TPSA) is 89.3 Å². The maximum atomic E-state index is 12.3. The Hall–Kier alpha value is -1.96. The number of hydrogen-bond acceptors (Lipinski definition) is 5. The number of fused-ring (bicyclic) bond motifs is 1. The molecule has 1 aliphatic rings. The van der Waals surface area contributed by atoms with Gasteiger partial charge in [0.15, 0.2) is 11.4 Å². The van der Waals surface area contributed by atoms with Gasteiger partial charge in [0.2, 0.25) is 0 Å². The summed E-state index contributed by atoms with van der Waals surface area (Å²) in [6.45, 7) is 5.43. The van der Waals surface area contributed by atoms with Crippen molar-refractivity contribution in [2.75, 3.05) is 27.3 Å². The third-order valence-electron chi connectivity index (χ3n) is 3.62. The predicted molar refractivity (Wildman–Crippen MR) is 75.0 cm³/mol. The normalized spacial score (nSPS) is 17.6. The smallest absolute Gasteiger partial charge is 0.276 e. The van der Waals surface area contributed by atoms with E-state index in [1.807, 2.05) is 13.8 Å². The van der Waals surface area contributed by atoms with Crippen LogP contribution in [0.3, 0.4) is 0 Å². The lowest BCUT2D eigenvalue weighted by atomic mass is 10.0. The molecule has 0 bridgehead atoms. The molecule has 2 amide bonds. The van der Waals surface area contributed by atoms with Crippen LogP contribution in [0.15, 0.2) is 0 Å². The lowest BCUT2D eigenvalue weighted by Crippen LogP contribution is -2.48. The van der Waals surface area contributed by atoms with Crippen LogP contribution >= 0.6 is 0 Å². The van der Waals surface area contributed by atoms with Gasteiger partial charge in [0, 0.05) is 20.7 Å². The maximum absolute atomic E-state index is 12.3. The summed E-state index contributed by atoms with van der Waals surface area (Å²) in [6, 6.07) is 0.000808. The van der Waals surface area contributed by atoms with Crippen LogP contribution < -0.4 is 5.32 Å². The highest BCUT2D eigenvalue weighted by Gasteiger charge is 2.33. The first-order valence-corrected chi connectivity index (χ1v) is 6.94. The van der Waals surface area contributed by atoms with Crippen molar-refractivity contribution in [3.63, 3.8) is 0 Å². The van der Waals surface area contributed by atoms with Crippen LogP contribution in [-0.2, 0) is 11.3 Å². The standard InChI is InChI=1S/C13H21N5O3/c1-8(2)9-7-18-11(12(19)14-9)10(15-16-18)13(20)17(3)5-6-21-4/h8-9H,5-7H2,1-4H3,(H,14,19)/t9-/m1/s1. The molecule has 0 fully saturated rings. The van der Waals surface area contributed by atoms with Crippen LogP contribution in [0, 0.1) is 5.92 Å². The summed E-state index contributed by atoms with van der Waals surface area (Å²) in [4.78, 5) is 26.0. The molecule has 8 nitrogen and oxygen atoms in total. The minimum Gasteiger partial charge on any atom is -0.383 e. The van der Waals surface area contributed by atoms with Crippen LogP contribution in [0.1, 0.15) is 34.8 Å². The summed E-state index contributed by atoms with van der Waals surface area (Å²) in [5.74, 6) is -0.338. The molecule has 0 aromatic carbocycles. The predicted octanol–water partition coefficient (Wildman–Crippen LogP) is -0.235. The van der Waals surface area contributed by atoms with Gasteiger partial charge in [-0.1, -0.05) is 19.1 Å². The zero-order valence-electron chi connectivity index (χ0n) is 12.8. The SMILES string of the molecule is COCCN(C)C(=O)c1nnn2c1C(=O)N[C@@H](C(C)C)C2. The van der Waals surface area contributed by atoms with E-state index in [0.29, 0.717) is 19.7 Å². The van der Waals surface area contributed by atoms with Crippen molar-refractivity contribution in [1.82, 2.24) is 25.2 Å². The number of carbonyl (C=O) groups excluding carboxylic acids is 2. The molecule has 0 saturated heterocycles. The van der Waals surface area contributed by atoms with Crippen molar-refractivity contribution in [2.24, 2.45) is 5.92 Å². The molecule has 2 heterocycles. The van der Waals surface area contributed by atoms with Gasteiger partial charge >= 0.3 is 0 Å². The molecule has 2 rings (SSSR count). The molecular formula is C13H21N5O3. The molecule has 1 aromatic rings. The molecule has 0 unspecified atom stereocenters. The van der Waals surface area contributed by atoms with Crippen molar-refractivity contribution in [3.05, 3.63) is 11.4 Å². The molecule has 116 valence electrons. The summed E-state index contributed by atoms with van der Waals surface area (Å²) < 4.78 is 6.45. The van der Waals surface area contributed by atoms with Crippen LogP contribution in [0.4, 0.5) is 0 Å². The van der Waals surface area contributed by atoms with E-state index in [4.69, 9.17) is 4.74 Å². The minimum atomic E-state index is -0.327. The highest BCUT2D eigenvalue weighted by Crippen LogP contribution is 2.16. The molecule has 1 aromatic heterocycles. The van der Waals surface area contributed by atoms with Crippen molar-refractivity contribution in [3.8, 4) is 0 Å². The second-order valence-corrected chi connectivity index (χ2v) is 5.51. The van der Waals surface area contributed by atoms with E-state index >= 15 is 0 Å². The van der Waals surface area contributed by atoms with E-state index in [1.165, 1.54) is 9.58 Å². The van der Waals surface area contributed by atoms with Crippen molar-refractivity contribution >= 4 is 11.8 Å². The van der Waals surface area contributed by atoms with Gasteiger partial charge in [-0.25, -0.2) is 4.68 Å². The van der Waals surface area contributed by atoms with Gasteiger partial charge in [-0.2, -0.15) is 0 Å². The number of nitrogens with zero attached hydrogens (tertiary/aromatic N) is 4. The van der Waals surface area contributed by atoms with Crippen LogP contribution in [-0.4, -0.2) is 65.1 Å². The number of amides is 2. The van der Waals surface area contributed by atoms with Crippen LogP contribution in [0.25, 0.3) is 0 Å². The Morgan fingerprint density at radius 1 is 1.57 bits per heavy atom. The molecule has 21 heavy (non-hydrogen) atoms. The Labute approximate surface area is 123 Å². The Kier molecular flexibility index (Phi) is 4.56. The molecule has 0 saturated carbocycles.